The highest BCUT2D eigenvalue weighted by molar-refractivity contribution is 5.76. The topological polar surface area (TPSA) is 95.9 Å². The van der Waals surface area contributed by atoms with Crippen molar-refractivity contribution >= 4 is 11.9 Å². The maximum absolute atomic E-state index is 12.5. The summed E-state index contributed by atoms with van der Waals surface area (Å²) in [6.07, 6.45) is 77.4. The van der Waals surface area contributed by atoms with Gasteiger partial charge in [0.05, 0.1) is 25.4 Å². The van der Waals surface area contributed by atoms with Crippen LogP contribution in [0.5, 0.6) is 0 Å². The number of allylic oxidation sites excluding steroid dienone is 6. The molecule has 0 bridgehead atoms. The summed E-state index contributed by atoms with van der Waals surface area (Å²) in [7, 11) is 0. The number of ether oxygens (including phenoxy) is 1. The summed E-state index contributed by atoms with van der Waals surface area (Å²) in [5.41, 5.74) is 0. The fraction of sp³-hybridized carbons (Fsp3) is 0.879. The second kappa shape index (κ2) is 61.6. The number of hydrogen-bond donors (Lipinski definition) is 3. The zero-order valence-electron chi connectivity index (χ0n) is 48.4. The van der Waals surface area contributed by atoms with Crippen molar-refractivity contribution in [1.29, 1.82) is 0 Å². The first kappa shape index (κ1) is 70.1. The SMILES string of the molecule is CCCCC/C=C\CCCCCCCC(=O)OCCCCCCCCCCC/C=C\C/C=C\CCCCCCCCCCCCCC(=O)NC(CO)C(O)CCCCCCCCCCCCCCCCCC. The predicted molar refractivity (Wildman–Crippen MR) is 315 cm³/mol. The van der Waals surface area contributed by atoms with Gasteiger partial charge in [-0.1, -0.05) is 288 Å². The lowest BCUT2D eigenvalue weighted by atomic mass is 10.0. The second-order valence-electron chi connectivity index (χ2n) is 22.1. The smallest absolute Gasteiger partial charge is 0.305 e. The van der Waals surface area contributed by atoms with E-state index in [1.807, 2.05) is 0 Å². The molecule has 1 amide bonds. The number of unbranched alkanes of at least 4 members (excludes halogenated alkanes) is 43. The van der Waals surface area contributed by atoms with Crippen molar-refractivity contribution < 1.29 is 24.5 Å². The van der Waals surface area contributed by atoms with E-state index in [2.05, 4.69) is 55.6 Å². The molecule has 6 heteroatoms. The Hall–Kier alpha value is -1.92. The number of aliphatic hydroxyl groups excluding tert-OH is 2. The molecule has 0 aliphatic carbocycles. The van der Waals surface area contributed by atoms with Crippen LogP contribution in [0.4, 0.5) is 0 Å². The number of esters is 1. The fourth-order valence-corrected chi connectivity index (χ4v) is 9.96. The van der Waals surface area contributed by atoms with Gasteiger partial charge in [0.15, 0.2) is 0 Å². The van der Waals surface area contributed by atoms with Crippen LogP contribution in [0.25, 0.3) is 0 Å². The summed E-state index contributed by atoms with van der Waals surface area (Å²) in [6.45, 7) is 4.94. The fourth-order valence-electron chi connectivity index (χ4n) is 9.96. The highest BCUT2D eigenvalue weighted by Gasteiger charge is 2.20. The van der Waals surface area contributed by atoms with Crippen LogP contribution in [0.3, 0.4) is 0 Å². The zero-order valence-corrected chi connectivity index (χ0v) is 48.4. The van der Waals surface area contributed by atoms with Gasteiger partial charge in [-0.2, -0.15) is 0 Å². The number of carbonyl (C=O) groups is 2. The quantitative estimate of drug-likeness (QED) is 0.0320. The molecule has 0 spiro atoms. The van der Waals surface area contributed by atoms with Crippen LogP contribution in [-0.2, 0) is 14.3 Å². The summed E-state index contributed by atoms with van der Waals surface area (Å²) in [5, 5.41) is 23.3. The molecule has 0 heterocycles. The third kappa shape index (κ3) is 57.4. The lowest BCUT2D eigenvalue weighted by molar-refractivity contribution is -0.143. The van der Waals surface area contributed by atoms with Crippen molar-refractivity contribution in [1.82, 2.24) is 5.32 Å². The molecule has 0 aliphatic rings. The van der Waals surface area contributed by atoms with Crippen molar-refractivity contribution in [3.8, 4) is 0 Å². The van der Waals surface area contributed by atoms with Crippen molar-refractivity contribution in [2.75, 3.05) is 13.2 Å². The van der Waals surface area contributed by atoms with Gasteiger partial charge in [-0.15, -0.1) is 0 Å². The van der Waals surface area contributed by atoms with Gasteiger partial charge in [-0.25, -0.2) is 0 Å². The summed E-state index contributed by atoms with van der Waals surface area (Å²) in [5.74, 6) is -0.0355. The summed E-state index contributed by atoms with van der Waals surface area (Å²) >= 11 is 0. The van der Waals surface area contributed by atoms with E-state index >= 15 is 0 Å². The molecule has 0 aromatic rings. The van der Waals surface area contributed by atoms with E-state index < -0.39 is 12.1 Å². The summed E-state index contributed by atoms with van der Waals surface area (Å²) < 4.78 is 5.46. The number of hydrogen-bond acceptors (Lipinski definition) is 5. The highest BCUT2D eigenvalue weighted by Crippen LogP contribution is 2.18. The van der Waals surface area contributed by atoms with Crippen molar-refractivity contribution in [3.63, 3.8) is 0 Å². The molecule has 0 fully saturated rings. The first-order chi connectivity index (χ1) is 35.5. The third-order valence-corrected chi connectivity index (χ3v) is 14.9. The maximum atomic E-state index is 12.5. The molecule has 424 valence electrons. The normalized spacial score (nSPS) is 12.8. The molecule has 0 saturated carbocycles. The van der Waals surface area contributed by atoms with Crippen LogP contribution in [0.1, 0.15) is 348 Å². The summed E-state index contributed by atoms with van der Waals surface area (Å²) in [6, 6.07) is -0.544. The minimum atomic E-state index is -0.667. The Balaban J connectivity index is 3.42. The minimum Gasteiger partial charge on any atom is -0.466 e. The van der Waals surface area contributed by atoms with Gasteiger partial charge < -0.3 is 20.3 Å². The Kier molecular flexibility index (Phi) is 60.0. The van der Waals surface area contributed by atoms with E-state index in [0.29, 0.717) is 25.9 Å². The lowest BCUT2D eigenvalue weighted by Gasteiger charge is -2.22. The Labute approximate surface area is 449 Å². The Morgan fingerprint density at radius 2 is 0.694 bits per heavy atom. The van der Waals surface area contributed by atoms with Crippen molar-refractivity contribution in [3.05, 3.63) is 36.5 Å². The average molecular weight is 1010 g/mol. The minimum absolute atomic E-state index is 0.000578. The first-order valence-electron chi connectivity index (χ1n) is 32.2. The van der Waals surface area contributed by atoms with Crippen molar-refractivity contribution in [2.45, 2.75) is 360 Å². The van der Waals surface area contributed by atoms with Gasteiger partial charge in [0.2, 0.25) is 5.91 Å². The van der Waals surface area contributed by atoms with Gasteiger partial charge in [0.1, 0.15) is 0 Å². The molecular formula is C66H125NO5. The maximum Gasteiger partial charge on any atom is 0.305 e. The average Bonchev–Trinajstić information content (AvgIpc) is 3.38. The molecule has 0 radical (unpaired) electrons. The molecule has 6 nitrogen and oxygen atoms in total. The highest BCUT2D eigenvalue weighted by atomic mass is 16.5. The van der Waals surface area contributed by atoms with Crippen LogP contribution in [0.2, 0.25) is 0 Å². The predicted octanol–water partition coefficient (Wildman–Crippen LogP) is 20.4. The van der Waals surface area contributed by atoms with E-state index in [4.69, 9.17) is 4.74 Å². The molecule has 0 saturated heterocycles. The largest absolute Gasteiger partial charge is 0.466 e. The van der Waals surface area contributed by atoms with Gasteiger partial charge in [0.25, 0.3) is 0 Å². The van der Waals surface area contributed by atoms with Crippen LogP contribution < -0.4 is 5.32 Å². The molecule has 0 aromatic heterocycles. The number of aliphatic hydroxyl groups is 2. The summed E-state index contributed by atoms with van der Waals surface area (Å²) in [4.78, 5) is 24.5. The molecular weight excluding hydrogens is 887 g/mol. The number of rotatable bonds is 60. The van der Waals surface area contributed by atoms with Crippen LogP contribution in [0.15, 0.2) is 36.5 Å². The number of amides is 1. The molecule has 0 aliphatic heterocycles. The van der Waals surface area contributed by atoms with E-state index in [1.54, 1.807) is 0 Å². The van der Waals surface area contributed by atoms with Gasteiger partial charge in [-0.05, 0) is 83.5 Å². The van der Waals surface area contributed by atoms with Crippen LogP contribution >= 0.6 is 0 Å². The Morgan fingerprint density at radius 3 is 1.10 bits per heavy atom. The molecule has 0 aromatic carbocycles. The van der Waals surface area contributed by atoms with E-state index in [-0.39, 0.29) is 18.5 Å². The molecule has 2 atom stereocenters. The molecule has 0 rings (SSSR count). The van der Waals surface area contributed by atoms with E-state index in [9.17, 15) is 19.8 Å². The number of carbonyl (C=O) groups excluding carboxylic acids is 2. The Morgan fingerprint density at radius 1 is 0.389 bits per heavy atom. The standard InChI is InChI=1S/C66H125NO5/c1-3-5-7-9-11-13-15-17-18-32-35-38-42-46-50-54-58-64(69)63(62-68)67-65(70)59-55-51-47-43-39-36-33-30-28-26-24-22-20-19-21-23-25-27-29-31-34-37-41-45-49-53-57-61-72-66(71)60-56-52-48-44-40-16-14-12-10-8-6-4-2/h12,14,19-20,23,25,63-64,68-69H,3-11,13,15-18,21-22,24,26-62H2,1-2H3,(H,67,70)/b14-12-,20-19-,25-23-. The monoisotopic (exact) mass is 1010 g/mol. The third-order valence-electron chi connectivity index (χ3n) is 14.9. The Bertz CT molecular complexity index is 1170. The van der Waals surface area contributed by atoms with Crippen LogP contribution in [0, 0.1) is 0 Å². The lowest BCUT2D eigenvalue weighted by Crippen LogP contribution is -2.45. The van der Waals surface area contributed by atoms with Crippen LogP contribution in [-0.4, -0.2) is 47.4 Å². The zero-order chi connectivity index (χ0) is 52.2. The van der Waals surface area contributed by atoms with Gasteiger partial charge in [0, 0.05) is 12.8 Å². The van der Waals surface area contributed by atoms with Gasteiger partial charge >= 0.3 is 5.97 Å². The molecule has 3 N–H and O–H groups in total. The second-order valence-corrected chi connectivity index (χ2v) is 22.1. The molecule has 2 unspecified atom stereocenters. The van der Waals surface area contributed by atoms with Gasteiger partial charge in [-0.3, -0.25) is 9.59 Å². The van der Waals surface area contributed by atoms with Crippen molar-refractivity contribution in [2.24, 2.45) is 0 Å². The molecule has 72 heavy (non-hydrogen) atoms. The first-order valence-corrected chi connectivity index (χ1v) is 32.2. The van der Waals surface area contributed by atoms with E-state index in [1.165, 1.54) is 263 Å². The van der Waals surface area contributed by atoms with E-state index in [0.717, 1.165) is 51.4 Å². The number of nitrogens with one attached hydrogen (secondary N) is 1.